The molecule has 0 aromatic carbocycles. The SMILES string of the molecule is CCc1nnc(Nc2cncc([C@@H]3CCCN3)n2)s1. The molecule has 7 heteroatoms. The lowest BCUT2D eigenvalue weighted by molar-refractivity contribution is 0.625. The fourth-order valence-electron chi connectivity index (χ4n) is 2.10. The summed E-state index contributed by atoms with van der Waals surface area (Å²) in [5.41, 5.74) is 0.989. The molecule has 6 nitrogen and oxygen atoms in total. The topological polar surface area (TPSA) is 75.6 Å². The Morgan fingerprint density at radius 2 is 2.37 bits per heavy atom. The summed E-state index contributed by atoms with van der Waals surface area (Å²) in [6.07, 6.45) is 6.76. The number of hydrogen-bond donors (Lipinski definition) is 2. The van der Waals surface area contributed by atoms with Crippen LogP contribution in [0.4, 0.5) is 10.9 Å². The molecule has 3 rings (SSSR count). The van der Waals surface area contributed by atoms with E-state index in [1.807, 2.05) is 6.20 Å². The van der Waals surface area contributed by atoms with E-state index < -0.39 is 0 Å². The second-order valence-electron chi connectivity index (χ2n) is 4.46. The molecule has 3 heterocycles. The third-order valence-electron chi connectivity index (χ3n) is 3.07. The predicted molar refractivity (Wildman–Crippen MR) is 74.6 cm³/mol. The summed E-state index contributed by atoms with van der Waals surface area (Å²) in [4.78, 5) is 8.83. The van der Waals surface area contributed by atoms with Crippen LogP contribution in [0.15, 0.2) is 12.4 Å². The molecule has 0 unspecified atom stereocenters. The predicted octanol–water partition coefficient (Wildman–Crippen LogP) is 2.06. The first-order valence-electron chi connectivity index (χ1n) is 6.50. The lowest BCUT2D eigenvalue weighted by atomic mass is 10.2. The van der Waals surface area contributed by atoms with Gasteiger partial charge >= 0.3 is 0 Å². The van der Waals surface area contributed by atoms with E-state index in [9.17, 15) is 0 Å². The van der Waals surface area contributed by atoms with Crippen molar-refractivity contribution in [3.63, 3.8) is 0 Å². The lowest BCUT2D eigenvalue weighted by Gasteiger charge is -2.10. The molecule has 0 radical (unpaired) electrons. The zero-order valence-corrected chi connectivity index (χ0v) is 11.6. The van der Waals surface area contributed by atoms with Crippen LogP contribution < -0.4 is 10.6 Å². The Kier molecular flexibility index (Phi) is 3.65. The molecule has 0 aliphatic carbocycles. The Morgan fingerprint density at radius 3 is 3.11 bits per heavy atom. The molecule has 2 N–H and O–H groups in total. The van der Waals surface area contributed by atoms with E-state index >= 15 is 0 Å². The van der Waals surface area contributed by atoms with Gasteiger partial charge in [0.2, 0.25) is 5.13 Å². The van der Waals surface area contributed by atoms with Gasteiger partial charge in [-0.1, -0.05) is 18.3 Å². The molecular formula is C12H16N6S. The molecule has 19 heavy (non-hydrogen) atoms. The van der Waals surface area contributed by atoms with Crippen molar-refractivity contribution in [2.24, 2.45) is 0 Å². The Morgan fingerprint density at radius 1 is 1.42 bits per heavy atom. The highest BCUT2D eigenvalue weighted by atomic mass is 32.1. The quantitative estimate of drug-likeness (QED) is 0.890. The largest absolute Gasteiger partial charge is 0.313 e. The zero-order chi connectivity index (χ0) is 13.1. The van der Waals surface area contributed by atoms with E-state index in [1.54, 1.807) is 17.5 Å². The van der Waals surface area contributed by atoms with E-state index in [0.717, 1.165) is 41.0 Å². The number of aromatic nitrogens is 4. The molecule has 1 atom stereocenters. The normalized spacial score (nSPS) is 18.7. The highest BCUT2D eigenvalue weighted by Crippen LogP contribution is 2.23. The molecule has 100 valence electrons. The number of rotatable bonds is 4. The van der Waals surface area contributed by atoms with Gasteiger partial charge in [0.1, 0.15) is 5.01 Å². The van der Waals surface area contributed by atoms with E-state index in [-0.39, 0.29) is 0 Å². The average molecular weight is 276 g/mol. The molecule has 2 aromatic heterocycles. The van der Waals surface area contributed by atoms with Crippen LogP contribution >= 0.6 is 11.3 Å². The standard InChI is InChI=1S/C12H16N6S/c1-2-11-17-18-12(19-11)16-10-7-13-6-9(15-10)8-4-3-5-14-8/h6-8,14H,2-5H2,1H3,(H,15,16,18)/t8-/m0/s1. The van der Waals surface area contributed by atoms with Gasteiger partial charge in [-0.25, -0.2) is 4.98 Å². The van der Waals surface area contributed by atoms with E-state index in [4.69, 9.17) is 0 Å². The van der Waals surface area contributed by atoms with Gasteiger partial charge in [-0.2, -0.15) is 0 Å². The zero-order valence-electron chi connectivity index (χ0n) is 10.8. The summed E-state index contributed by atoms with van der Waals surface area (Å²) < 4.78 is 0. The summed E-state index contributed by atoms with van der Waals surface area (Å²) in [5.74, 6) is 0.727. The number of nitrogens with zero attached hydrogens (tertiary/aromatic N) is 4. The summed E-state index contributed by atoms with van der Waals surface area (Å²) in [6.45, 7) is 3.12. The van der Waals surface area contributed by atoms with E-state index in [0.29, 0.717) is 6.04 Å². The minimum Gasteiger partial charge on any atom is -0.313 e. The second-order valence-corrected chi connectivity index (χ2v) is 5.52. The van der Waals surface area contributed by atoms with Gasteiger partial charge in [-0.05, 0) is 25.8 Å². The van der Waals surface area contributed by atoms with Crippen molar-refractivity contribution >= 4 is 22.3 Å². The number of hydrogen-bond acceptors (Lipinski definition) is 7. The van der Waals surface area contributed by atoms with Gasteiger partial charge in [-0.15, -0.1) is 10.2 Å². The van der Waals surface area contributed by atoms with Gasteiger partial charge in [0, 0.05) is 0 Å². The van der Waals surface area contributed by atoms with Gasteiger partial charge in [0.15, 0.2) is 5.82 Å². The van der Waals surface area contributed by atoms with Crippen LogP contribution in [0.1, 0.15) is 36.5 Å². The molecule has 1 aliphatic heterocycles. The van der Waals surface area contributed by atoms with Crippen LogP contribution in [0.3, 0.4) is 0 Å². The van der Waals surface area contributed by atoms with Crippen molar-refractivity contribution in [2.45, 2.75) is 32.2 Å². The molecule has 0 bridgehead atoms. The van der Waals surface area contributed by atoms with Crippen LogP contribution in [0.25, 0.3) is 0 Å². The Hall–Kier alpha value is -1.60. The molecule has 1 fully saturated rings. The van der Waals surface area contributed by atoms with Gasteiger partial charge in [-0.3, -0.25) is 4.98 Å². The molecular weight excluding hydrogens is 260 g/mol. The molecule has 0 spiro atoms. The van der Waals surface area contributed by atoms with Crippen molar-refractivity contribution < 1.29 is 0 Å². The monoisotopic (exact) mass is 276 g/mol. The first-order valence-corrected chi connectivity index (χ1v) is 7.31. The second kappa shape index (κ2) is 5.58. The fraction of sp³-hybridized carbons (Fsp3) is 0.500. The Labute approximate surface area is 115 Å². The van der Waals surface area contributed by atoms with Crippen LogP contribution in [-0.4, -0.2) is 26.7 Å². The van der Waals surface area contributed by atoms with E-state index in [2.05, 4.69) is 37.7 Å². The first-order chi connectivity index (χ1) is 9.35. The van der Waals surface area contributed by atoms with Gasteiger partial charge in [0.05, 0.1) is 24.1 Å². The molecule has 1 aliphatic rings. The van der Waals surface area contributed by atoms with Crippen LogP contribution in [0, 0.1) is 0 Å². The summed E-state index contributed by atoms with van der Waals surface area (Å²) in [6, 6.07) is 0.329. The lowest BCUT2D eigenvalue weighted by Crippen LogP contribution is -2.15. The van der Waals surface area contributed by atoms with Gasteiger partial charge < -0.3 is 10.6 Å². The van der Waals surface area contributed by atoms with Crippen molar-refractivity contribution in [1.29, 1.82) is 0 Å². The average Bonchev–Trinajstić information content (AvgIpc) is 3.10. The van der Waals surface area contributed by atoms with E-state index in [1.165, 1.54) is 6.42 Å². The Balaban J connectivity index is 1.75. The maximum atomic E-state index is 4.59. The summed E-state index contributed by atoms with van der Waals surface area (Å²) >= 11 is 1.55. The van der Waals surface area contributed by atoms with Crippen molar-refractivity contribution in [3.05, 3.63) is 23.1 Å². The molecule has 1 saturated heterocycles. The fourth-order valence-corrected chi connectivity index (χ4v) is 2.79. The molecule has 0 amide bonds. The van der Waals surface area contributed by atoms with Gasteiger partial charge in [0.25, 0.3) is 0 Å². The first kappa shape index (κ1) is 12.4. The highest BCUT2D eigenvalue weighted by Gasteiger charge is 2.18. The third-order valence-corrected chi connectivity index (χ3v) is 4.06. The minimum absolute atomic E-state index is 0.329. The third kappa shape index (κ3) is 2.87. The maximum absolute atomic E-state index is 4.59. The highest BCUT2D eigenvalue weighted by molar-refractivity contribution is 7.15. The maximum Gasteiger partial charge on any atom is 0.211 e. The smallest absolute Gasteiger partial charge is 0.211 e. The van der Waals surface area contributed by atoms with Crippen LogP contribution in [0.5, 0.6) is 0 Å². The number of nitrogens with one attached hydrogen (secondary N) is 2. The van der Waals surface area contributed by atoms with Crippen molar-refractivity contribution in [2.75, 3.05) is 11.9 Å². The van der Waals surface area contributed by atoms with Crippen molar-refractivity contribution in [1.82, 2.24) is 25.5 Å². The molecule has 0 saturated carbocycles. The summed E-state index contributed by atoms with van der Waals surface area (Å²) in [5, 5.41) is 16.5. The number of anilines is 2. The number of aryl methyl sites for hydroxylation is 1. The molecule has 2 aromatic rings. The minimum atomic E-state index is 0.329. The van der Waals surface area contributed by atoms with Crippen LogP contribution in [-0.2, 0) is 6.42 Å². The Bertz CT molecular complexity index is 549. The summed E-state index contributed by atoms with van der Waals surface area (Å²) in [7, 11) is 0. The van der Waals surface area contributed by atoms with Crippen LogP contribution in [0.2, 0.25) is 0 Å². The van der Waals surface area contributed by atoms with Crippen molar-refractivity contribution in [3.8, 4) is 0 Å².